The van der Waals surface area contributed by atoms with Crippen molar-refractivity contribution < 1.29 is 22.6 Å². The van der Waals surface area contributed by atoms with Crippen LogP contribution < -0.4 is 15.0 Å². The van der Waals surface area contributed by atoms with Crippen LogP contribution in [-0.4, -0.2) is 28.2 Å². The molecule has 0 fully saturated rings. The average molecular weight is 416 g/mol. The largest absolute Gasteiger partial charge is 0.481 e. The summed E-state index contributed by atoms with van der Waals surface area (Å²) in [7, 11) is 1.41. The van der Waals surface area contributed by atoms with Crippen LogP contribution in [0.4, 0.5) is 13.2 Å². The van der Waals surface area contributed by atoms with Gasteiger partial charge in [0.15, 0.2) is 0 Å². The van der Waals surface area contributed by atoms with E-state index in [4.69, 9.17) is 14.9 Å². The fourth-order valence-electron chi connectivity index (χ4n) is 2.77. The SMILES string of the molecule is COc1ncc(C)cc1-c1ccc(C(F)(F)F)cc1Oc1nn(C=N)c(=[N-])cc1C. The van der Waals surface area contributed by atoms with Crippen molar-refractivity contribution in [3.63, 3.8) is 0 Å². The molecule has 0 amide bonds. The minimum atomic E-state index is -4.59. The molecule has 0 bridgehead atoms. The Morgan fingerprint density at radius 2 is 1.83 bits per heavy atom. The first-order chi connectivity index (χ1) is 14.1. The van der Waals surface area contributed by atoms with Crippen molar-refractivity contribution in [2.75, 3.05) is 7.11 Å². The van der Waals surface area contributed by atoms with Crippen LogP contribution in [0.15, 0.2) is 36.5 Å². The van der Waals surface area contributed by atoms with E-state index in [1.807, 2.05) is 0 Å². The maximum Gasteiger partial charge on any atom is 0.416 e. The Kier molecular flexibility index (Phi) is 5.59. The molecule has 0 spiro atoms. The van der Waals surface area contributed by atoms with Gasteiger partial charge in [0.2, 0.25) is 11.8 Å². The molecule has 10 heteroatoms. The van der Waals surface area contributed by atoms with Gasteiger partial charge in [-0.15, -0.1) is 0 Å². The van der Waals surface area contributed by atoms with Gasteiger partial charge >= 0.3 is 6.18 Å². The molecule has 0 saturated carbocycles. The molecule has 2 aromatic heterocycles. The van der Waals surface area contributed by atoms with Crippen LogP contribution in [0.3, 0.4) is 0 Å². The zero-order valence-electron chi connectivity index (χ0n) is 16.3. The maximum absolute atomic E-state index is 13.3. The molecule has 0 aliphatic carbocycles. The van der Waals surface area contributed by atoms with Crippen molar-refractivity contribution in [3.05, 3.63) is 64.1 Å². The molecule has 0 aliphatic rings. The predicted octanol–water partition coefficient (Wildman–Crippen LogP) is 4.31. The summed E-state index contributed by atoms with van der Waals surface area (Å²) in [5.41, 5.74) is 0.672. The van der Waals surface area contributed by atoms with Crippen LogP contribution >= 0.6 is 0 Å². The number of benzene rings is 1. The van der Waals surface area contributed by atoms with Crippen LogP contribution in [0.2, 0.25) is 0 Å². The molecule has 30 heavy (non-hydrogen) atoms. The lowest BCUT2D eigenvalue weighted by molar-refractivity contribution is -0.137. The van der Waals surface area contributed by atoms with E-state index >= 15 is 0 Å². The summed E-state index contributed by atoms with van der Waals surface area (Å²) in [6, 6.07) is 6.09. The molecule has 1 aromatic carbocycles. The van der Waals surface area contributed by atoms with E-state index in [9.17, 15) is 18.6 Å². The third-order valence-electron chi connectivity index (χ3n) is 4.23. The number of ether oxygens (including phenoxy) is 2. The molecule has 0 unspecified atom stereocenters. The predicted molar refractivity (Wildman–Crippen MR) is 104 cm³/mol. The number of hydrogen-bond acceptors (Lipinski definition) is 5. The highest BCUT2D eigenvalue weighted by Gasteiger charge is 2.32. The molecule has 7 nitrogen and oxygen atoms in total. The van der Waals surface area contributed by atoms with Crippen molar-refractivity contribution in [1.82, 2.24) is 14.8 Å². The van der Waals surface area contributed by atoms with Crippen molar-refractivity contribution >= 4 is 6.34 Å². The first-order valence-electron chi connectivity index (χ1n) is 8.67. The molecule has 156 valence electrons. The Morgan fingerprint density at radius 3 is 2.47 bits per heavy atom. The van der Waals surface area contributed by atoms with Crippen LogP contribution in [0.25, 0.3) is 16.5 Å². The molecule has 0 saturated heterocycles. The van der Waals surface area contributed by atoms with E-state index < -0.39 is 11.7 Å². The monoisotopic (exact) mass is 416 g/mol. The van der Waals surface area contributed by atoms with Crippen molar-refractivity contribution in [2.45, 2.75) is 20.0 Å². The van der Waals surface area contributed by atoms with Gasteiger partial charge in [0.25, 0.3) is 0 Å². The number of pyridine rings is 1. The van der Waals surface area contributed by atoms with Gasteiger partial charge in [-0.05, 0) is 49.2 Å². The van der Waals surface area contributed by atoms with Gasteiger partial charge in [0.1, 0.15) is 5.75 Å². The summed E-state index contributed by atoms with van der Waals surface area (Å²) in [5.74, 6) is 0.0138. The smallest absolute Gasteiger partial charge is 0.416 e. The fraction of sp³-hybridized carbons (Fsp3) is 0.200. The first kappa shape index (κ1) is 21.0. The maximum atomic E-state index is 13.3. The van der Waals surface area contributed by atoms with E-state index in [1.165, 1.54) is 19.2 Å². The number of nitrogens with zero attached hydrogens (tertiary/aromatic N) is 4. The number of methoxy groups -OCH3 is 1. The van der Waals surface area contributed by atoms with Gasteiger partial charge in [-0.2, -0.15) is 13.2 Å². The molecule has 2 heterocycles. The van der Waals surface area contributed by atoms with Crippen molar-refractivity contribution in [3.8, 4) is 28.6 Å². The fourth-order valence-corrected chi connectivity index (χ4v) is 2.77. The molecular weight excluding hydrogens is 399 g/mol. The Hall–Kier alpha value is -3.69. The minimum absolute atomic E-state index is 0.0727. The second-order valence-corrected chi connectivity index (χ2v) is 6.44. The van der Waals surface area contributed by atoms with Gasteiger partial charge in [-0.25, -0.2) is 10.1 Å². The molecule has 0 atom stereocenters. The zero-order valence-corrected chi connectivity index (χ0v) is 16.3. The lowest BCUT2D eigenvalue weighted by atomic mass is 10.0. The average Bonchev–Trinajstić information content (AvgIpc) is 2.69. The topological polar surface area (TPSA) is 95.3 Å². The van der Waals surface area contributed by atoms with E-state index in [-0.39, 0.29) is 23.0 Å². The quantitative estimate of drug-likeness (QED) is 0.495. The number of alkyl halides is 3. The molecule has 1 N–H and O–H groups in total. The number of aromatic nitrogens is 3. The molecule has 3 rings (SSSR count). The van der Waals surface area contributed by atoms with Crippen LogP contribution in [0.1, 0.15) is 16.7 Å². The summed E-state index contributed by atoms with van der Waals surface area (Å²) in [6.45, 7) is 3.36. The second kappa shape index (κ2) is 7.97. The van der Waals surface area contributed by atoms with Gasteiger partial charge in [0, 0.05) is 29.2 Å². The Labute approximate surface area is 169 Å². The van der Waals surface area contributed by atoms with Gasteiger partial charge in [-0.3, -0.25) is 0 Å². The van der Waals surface area contributed by atoms with Gasteiger partial charge < -0.3 is 25.0 Å². The van der Waals surface area contributed by atoms with Crippen LogP contribution in [0, 0.1) is 19.3 Å². The highest BCUT2D eigenvalue weighted by molar-refractivity contribution is 5.75. The number of aryl methyl sites for hydroxylation is 2. The molecule has 0 aliphatic heterocycles. The summed E-state index contributed by atoms with van der Waals surface area (Å²) in [6.07, 6.45) is -2.27. The summed E-state index contributed by atoms with van der Waals surface area (Å²) in [5, 5.41) is 21.0. The third-order valence-corrected chi connectivity index (χ3v) is 4.23. The molecule has 0 radical (unpaired) electrons. The Morgan fingerprint density at radius 1 is 1.10 bits per heavy atom. The molecule has 3 aromatic rings. The Bertz CT molecular complexity index is 1170. The second-order valence-electron chi connectivity index (χ2n) is 6.44. The number of rotatable bonds is 5. The lowest BCUT2D eigenvalue weighted by Crippen LogP contribution is -2.22. The van der Waals surface area contributed by atoms with Crippen LogP contribution in [0.5, 0.6) is 17.5 Å². The standard InChI is InChI=1S/C20H17F3N5O2/c1-11-6-15(19(29-3)26-9-11)14-5-4-13(20(21,22)23)8-16(14)30-18-12(2)7-17(25)28(10-24)27-18/h4-10,24H,1-3H3/q-1. The first-order valence-corrected chi connectivity index (χ1v) is 8.67. The summed E-state index contributed by atoms with van der Waals surface area (Å²) in [4.78, 5) is 4.17. The highest BCUT2D eigenvalue weighted by Crippen LogP contribution is 2.41. The van der Waals surface area contributed by atoms with Crippen LogP contribution in [-0.2, 0) is 6.18 Å². The Balaban J connectivity index is 2.23. The lowest BCUT2D eigenvalue weighted by Gasteiger charge is -2.18. The molecular formula is C20H17F3N5O2-. The zero-order chi connectivity index (χ0) is 22.1. The number of halogens is 3. The highest BCUT2D eigenvalue weighted by atomic mass is 19.4. The van der Waals surface area contributed by atoms with Gasteiger partial charge in [-0.1, -0.05) is 6.07 Å². The third kappa shape index (κ3) is 4.17. The van der Waals surface area contributed by atoms with E-state index in [0.717, 1.165) is 28.7 Å². The minimum Gasteiger partial charge on any atom is -0.481 e. The summed E-state index contributed by atoms with van der Waals surface area (Å²) < 4.78 is 51.8. The number of nitrogens with one attached hydrogen (secondary N) is 1. The van der Waals surface area contributed by atoms with E-state index in [2.05, 4.69) is 10.1 Å². The normalized spacial score (nSPS) is 11.3. The van der Waals surface area contributed by atoms with Crippen molar-refractivity contribution in [2.24, 2.45) is 0 Å². The van der Waals surface area contributed by atoms with E-state index in [0.29, 0.717) is 16.7 Å². The van der Waals surface area contributed by atoms with Crippen molar-refractivity contribution in [1.29, 1.82) is 5.41 Å². The number of hydrogen-bond donors (Lipinski definition) is 1. The van der Waals surface area contributed by atoms with Gasteiger partial charge in [0.05, 0.1) is 12.7 Å². The van der Waals surface area contributed by atoms with E-state index in [1.54, 1.807) is 26.1 Å². The summed E-state index contributed by atoms with van der Waals surface area (Å²) >= 11 is 0.